The van der Waals surface area contributed by atoms with Gasteiger partial charge in [0.05, 0.1) is 20.8 Å². The second-order valence-electron chi connectivity index (χ2n) is 7.45. The van der Waals surface area contributed by atoms with Crippen molar-refractivity contribution < 1.29 is 20.1 Å². The quantitative estimate of drug-likeness (QED) is 0.167. The van der Waals surface area contributed by atoms with Crippen molar-refractivity contribution in [3.8, 4) is 0 Å². The lowest BCUT2D eigenvalue weighted by atomic mass is 10.2. The minimum absolute atomic E-state index is 0.125. The number of rotatable bonds is 7. The van der Waals surface area contributed by atoms with E-state index in [-0.39, 0.29) is 5.04 Å². The summed E-state index contributed by atoms with van der Waals surface area (Å²) in [6.07, 6.45) is -0.287. The molecule has 0 saturated heterocycles. The first-order valence-corrected chi connectivity index (χ1v) is 11.9. The van der Waals surface area contributed by atoms with E-state index in [0.717, 1.165) is 0 Å². The van der Waals surface area contributed by atoms with Crippen molar-refractivity contribution in [2.75, 3.05) is 6.61 Å². The predicted octanol–water partition coefficient (Wildman–Crippen LogP) is 3.50. The van der Waals surface area contributed by atoms with E-state index in [9.17, 15) is 10.2 Å². The van der Waals surface area contributed by atoms with Crippen LogP contribution in [0.3, 0.4) is 0 Å². The topological polar surface area (TPSA) is 93.8 Å². The molecule has 0 fully saturated rings. The zero-order valence-electron chi connectivity index (χ0n) is 14.7. The monoisotopic (exact) mass is 419 g/mol. The highest BCUT2D eigenvalue weighted by Crippen LogP contribution is 2.39. The van der Waals surface area contributed by atoms with Crippen LogP contribution in [-0.4, -0.2) is 58.0 Å². The third-order valence-electron chi connectivity index (χ3n) is 4.35. The van der Waals surface area contributed by atoms with Crippen molar-refractivity contribution in [2.45, 2.75) is 67.1 Å². The lowest BCUT2D eigenvalue weighted by Gasteiger charge is -2.38. The maximum Gasteiger partial charge on any atom is 0.265 e. The summed E-state index contributed by atoms with van der Waals surface area (Å²) in [6, 6.07) is 0.622. The Morgan fingerprint density at radius 1 is 1.17 bits per heavy atom. The molecule has 0 unspecified atom stereocenters. The second kappa shape index (κ2) is 9.21. The minimum Gasteiger partial charge on any atom is -0.468 e. The molecular formula is C15H28Cl3NO4Si. The summed E-state index contributed by atoms with van der Waals surface area (Å²) in [7, 11) is -1.70. The molecule has 0 saturated carbocycles. The summed E-state index contributed by atoms with van der Waals surface area (Å²) < 4.78 is 3.04. The van der Waals surface area contributed by atoms with Crippen LogP contribution in [0.1, 0.15) is 20.8 Å². The average molecular weight is 421 g/mol. The van der Waals surface area contributed by atoms with Gasteiger partial charge in [-0.2, -0.15) is 0 Å². The molecule has 0 radical (unpaired) electrons. The molecule has 0 aromatic rings. The zero-order chi connectivity index (χ0) is 19.3. The van der Waals surface area contributed by atoms with Gasteiger partial charge in [0.15, 0.2) is 0 Å². The van der Waals surface area contributed by atoms with Crippen molar-refractivity contribution in [3.63, 3.8) is 0 Å². The van der Waals surface area contributed by atoms with E-state index >= 15 is 0 Å². The van der Waals surface area contributed by atoms with Gasteiger partial charge < -0.3 is 20.1 Å². The molecule has 0 aliphatic rings. The van der Waals surface area contributed by atoms with E-state index in [2.05, 4.69) is 33.9 Å². The van der Waals surface area contributed by atoms with Crippen LogP contribution < -0.4 is 0 Å². The van der Waals surface area contributed by atoms with Crippen LogP contribution in [0.15, 0.2) is 12.2 Å². The molecule has 0 heterocycles. The van der Waals surface area contributed by atoms with Gasteiger partial charge in [0.1, 0.15) is 12.2 Å². The number of alkyl halides is 3. The number of nitrogens with one attached hydrogen (secondary N) is 1. The Hall–Kier alpha value is 0.177. The molecule has 3 atom stereocenters. The maximum atomic E-state index is 10.3. The lowest BCUT2D eigenvalue weighted by molar-refractivity contribution is 0.0140. The molecular weight excluding hydrogens is 393 g/mol. The van der Waals surface area contributed by atoms with E-state index in [1.54, 1.807) is 0 Å². The van der Waals surface area contributed by atoms with Crippen molar-refractivity contribution >= 4 is 48.8 Å². The van der Waals surface area contributed by atoms with Crippen molar-refractivity contribution in [3.05, 3.63) is 12.2 Å². The van der Waals surface area contributed by atoms with Crippen LogP contribution in [0.2, 0.25) is 24.2 Å². The number of hydrogen-bond acceptors (Lipinski definition) is 5. The molecule has 4 N–H and O–H groups in total. The standard InChI is InChI=1S/C15H28Cl3NO4Si/c1-14(2,3)24(4,5)9-10(21)6-7-12(11(22)8-20)23-13(19)15(16,17)18/h6-7,10-12,19-22H,8-9H2,1-5H3/t10-,11+,12-/m0/s1. The van der Waals surface area contributed by atoms with Crippen LogP contribution in [0.5, 0.6) is 0 Å². The van der Waals surface area contributed by atoms with Crippen LogP contribution in [-0.2, 0) is 4.74 Å². The van der Waals surface area contributed by atoms with E-state index < -0.39 is 42.7 Å². The Balaban J connectivity index is 5.03. The molecule has 0 aromatic heterocycles. The van der Waals surface area contributed by atoms with Gasteiger partial charge in [0.2, 0.25) is 5.90 Å². The highest BCUT2D eigenvalue weighted by atomic mass is 35.6. The van der Waals surface area contributed by atoms with Crippen LogP contribution in [0, 0.1) is 5.41 Å². The highest BCUT2D eigenvalue weighted by Gasteiger charge is 2.36. The molecule has 142 valence electrons. The van der Waals surface area contributed by atoms with Gasteiger partial charge in [-0.25, -0.2) is 0 Å². The third-order valence-corrected chi connectivity index (χ3v) is 10.4. The summed E-state index contributed by atoms with van der Waals surface area (Å²) in [6.45, 7) is 10.2. The van der Waals surface area contributed by atoms with Crippen LogP contribution in [0.4, 0.5) is 0 Å². The predicted molar refractivity (Wildman–Crippen MR) is 103 cm³/mol. The maximum absolute atomic E-state index is 10.3. The molecule has 9 heteroatoms. The number of hydrogen-bond donors (Lipinski definition) is 4. The molecule has 0 bridgehead atoms. The molecule has 0 spiro atoms. The van der Waals surface area contributed by atoms with Gasteiger partial charge in [-0.05, 0) is 17.2 Å². The molecule has 5 nitrogen and oxygen atoms in total. The van der Waals surface area contributed by atoms with Crippen molar-refractivity contribution in [2.24, 2.45) is 0 Å². The Morgan fingerprint density at radius 2 is 1.67 bits per heavy atom. The largest absolute Gasteiger partial charge is 0.468 e. The van der Waals surface area contributed by atoms with Gasteiger partial charge in [0.25, 0.3) is 3.79 Å². The lowest BCUT2D eigenvalue weighted by Crippen LogP contribution is -2.40. The number of aliphatic hydroxyl groups is 3. The molecule has 24 heavy (non-hydrogen) atoms. The summed E-state index contributed by atoms with van der Waals surface area (Å²) in [4.78, 5) is 0. The first-order valence-electron chi connectivity index (χ1n) is 7.59. The molecule has 0 rings (SSSR count). The smallest absolute Gasteiger partial charge is 0.265 e. The second-order valence-corrected chi connectivity index (χ2v) is 15.4. The summed E-state index contributed by atoms with van der Waals surface area (Å²) in [5.74, 6) is -0.673. The average Bonchev–Trinajstić information content (AvgIpc) is 2.39. The van der Waals surface area contributed by atoms with Gasteiger partial charge >= 0.3 is 0 Å². The molecule has 0 aromatic carbocycles. The Morgan fingerprint density at radius 3 is 2.04 bits per heavy atom. The van der Waals surface area contributed by atoms with Crippen molar-refractivity contribution in [1.82, 2.24) is 0 Å². The van der Waals surface area contributed by atoms with E-state index in [1.807, 2.05) is 0 Å². The first-order chi connectivity index (χ1) is 10.6. The van der Waals surface area contributed by atoms with Gasteiger partial charge in [0, 0.05) is 0 Å². The number of ether oxygens (including phenoxy) is 1. The SMILES string of the molecule is CC(C)(C)[Si](C)(C)C[C@@H](O)C=C[C@H](OC(=N)C(Cl)(Cl)Cl)[C@H](O)CO. The first kappa shape index (κ1) is 24.2. The Labute approximate surface area is 160 Å². The normalized spacial score (nSPS) is 17.6. The van der Waals surface area contributed by atoms with E-state index in [1.165, 1.54) is 12.2 Å². The fourth-order valence-electron chi connectivity index (χ4n) is 1.69. The van der Waals surface area contributed by atoms with E-state index in [4.69, 9.17) is 50.1 Å². The van der Waals surface area contributed by atoms with Gasteiger partial charge in [-0.15, -0.1) is 0 Å². The fourth-order valence-corrected chi connectivity index (χ4v) is 3.62. The Bertz CT molecular complexity index is 447. The zero-order valence-corrected chi connectivity index (χ0v) is 18.0. The van der Waals surface area contributed by atoms with Gasteiger partial charge in [-0.1, -0.05) is 74.7 Å². The van der Waals surface area contributed by atoms with Crippen LogP contribution >= 0.6 is 34.8 Å². The number of halogens is 3. The molecule has 0 aliphatic carbocycles. The van der Waals surface area contributed by atoms with E-state index in [0.29, 0.717) is 6.04 Å². The molecule has 0 aliphatic heterocycles. The van der Waals surface area contributed by atoms with Gasteiger partial charge in [-0.3, -0.25) is 5.41 Å². The fraction of sp³-hybridized carbons (Fsp3) is 0.800. The highest BCUT2D eigenvalue weighted by molar-refractivity contribution is 6.80. The third kappa shape index (κ3) is 8.04. The summed E-state index contributed by atoms with van der Waals surface area (Å²) in [5.41, 5.74) is 0. The summed E-state index contributed by atoms with van der Waals surface area (Å²) >= 11 is 16.6. The number of aliphatic hydroxyl groups excluding tert-OH is 3. The molecule has 0 amide bonds. The van der Waals surface area contributed by atoms with Crippen LogP contribution in [0.25, 0.3) is 0 Å². The Kier molecular flexibility index (Phi) is 9.28. The van der Waals surface area contributed by atoms with Crippen molar-refractivity contribution in [1.29, 1.82) is 5.41 Å². The minimum atomic E-state index is -2.07. The summed E-state index contributed by atoms with van der Waals surface area (Å²) in [5, 5.41) is 36.8.